The van der Waals surface area contributed by atoms with Crippen molar-refractivity contribution in [2.24, 2.45) is 11.6 Å². The van der Waals surface area contributed by atoms with Crippen LogP contribution in [0.4, 0.5) is 5.69 Å². The molecule has 7 aromatic carbocycles. The molecule has 6 aromatic heterocycles. The number of benzene rings is 7. The number of hydrogen-bond acceptors (Lipinski definition) is 20. The van der Waals surface area contributed by atoms with E-state index in [1.165, 1.54) is 97.3 Å². The number of hydrogen-bond donors (Lipinski definition) is 7. The number of aromatic amines is 2. The van der Waals surface area contributed by atoms with E-state index in [9.17, 15) is 48.8 Å². The van der Waals surface area contributed by atoms with Crippen molar-refractivity contribution in [1.29, 1.82) is 0 Å². The number of rotatable bonds is 42. The van der Waals surface area contributed by atoms with Gasteiger partial charge in [0, 0.05) is 112 Å². The Morgan fingerprint density at radius 2 is 0.932 bits per heavy atom. The molecule has 25 nitrogen and oxygen atoms in total. The summed E-state index contributed by atoms with van der Waals surface area (Å²) in [7, 11) is 7.36. The predicted molar refractivity (Wildman–Crippen MR) is 608 cm³/mol. The number of halogens is 4. The van der Waals surface area contributed by atoms with Gasteiger partial charge >= 0.3 is 150 Å². The average molecular weight is 2310 g/mol. The number of aliphatic hydroxyl groups excluding tert-OH is 1. The number of nitrogens with one attached hydrogen (secondary N) is 3. The number of nitro benzene ring substituents is 1. The second-order valence-corrected chi connectivity index (χ2v) is 50.1. The monoisotopic (exact) mass is 2310 g/mol. The Bertz CT molecular complexity index is 6140. The third-order valence-corrected chi connectivity index (χ3v) is 38.0. The van der Waals surface area contributed by atoms with Gasteiger partial charge in [-0.05, 0) is 186 Å². The first kappa shape index (κ1) is 132. The van der Waals surface area contributed by atoms with Crippen LogP contribution in [0.1, 0.15) is 212 Å². The number of ketones is 2. The van der Waals surface area contributed by atoms with Gasteiger partial charge in [-0.1, -0.05) is 200 Å². The summed E-state index contributed by atoms with van der Waals surface area (Å²) in [5.41, 5.74) is 15.4. The number of H-pyrrole nitrogens is 2. The largest absolute Gasteiger partial charge is 1.00 e. The van der Waals surface area contributed by atoms with Gasteiger partial charge in [0.25, 0.3) is 11.6 Å². The number of carboxylic acids is 1. The molecule has 6 heterocycles. The predicted octanol–water partition coefficient (Wildman–Crippen LogP) is 22.6. The molecule has 148 heavy (non-hydrogen) atoms. The maximum Gasteiger partial charge on any atom is 1.00 e. The van der Waals surface area contributed by atoms with Crippen LogP contribution >= 0.6 is 55.6 Å². The second-order valence-electron chi connectivity index (χ2n) is 31.9. The zero-order chi connectivity index (χ0) is 107. The number of nitrogens with zero attached hydrogens (tertiary/aromatic N) is 5. The van der Waals surface area contributed by atoms with E-state index in [-0.39, 0.29) is 115 Å². The molecule has 3 radical (unpaired) electrons. The first-order chi connectivity index (χ1) is 70.7. The van der Waals surface area contributed by atoms with E-state index in [4.69, 9.17) is 36.1 Å². The average Bonchev–Trinajstić information content (AvgIpc) is 0.854. The molecule has 33 heteroatoms. The number of non-ortho nitro benzene ring substituents is 1. The van der Waals surface area contributed by atoms with Crippen LogP contribution in [-0.2, 0) is 46.5 Å². The van der Waals surface area contributed by atoms with Crippen LogP contribution in [0.2, 0.25) is 17.7 Å². The number of alkyl halides is 1. The molecule has 2 atom stereocenters. The number of carboxylic acid groups (broad SMARTS) is 1. The Balaban J connectivity index is 0.000000840. The summed E-state index contributed by atoms with van der Waals surface area (Å²) < 4.78 is 27.2. The molecule has 0 spiro atoms. The van der Waals surface area contributed by atoms with E-state index in [0.29, 0.717) is 41.2 Å². The van der Waals surface area contributed by atoms with Gasteiger partial charge in [0.1, 0.15) is 36.1 Å². The summed E-state index contributed by atoms with van der Waals surface area (Å²) in [5.74, 6) is 2.11. The van der Waals surface area contributed by atoms with Gasteiger partial charge in [-0.3, -0.25) is 54.0 Å². The fourth-order valence-electron chi connectivity index (χ4n) is 13.9. The third-order valence-electron chi connectivity index (χ3n) is 21.2. The van der Waals surface area contributed by atoms with E-state index in [1.807, 2.05) is 218 Å². The number of nitro groups is 1. The van der Waals surface area contributed by atoms with Crippen LogP contribution in [0.15, 0.2) is 390 Å². The number of pyridine rings is 6. The van der Waals surface area contributed by atoms with E-state index < -0.39 is 56.0 Å². The summed E-state index contributed by atoms with van der Waals surface area (Å²) in [6.45, 7) is 31.1. The molecule has 0 bridgehead atoms. The van der Waals surface area contributed by atoms with Gasteiger partial charge < -0.3 is 47.0 Å². The first-order valence-electron chi connectivity index (χ1n) is 47.3. The van der Waals surface area contributed by atoms with Gasteiger partial charge in [0.2, 0.25) is 31.7 Å². The first-order valence-corrected chi connectivity index (χ1v) is 59.7. The number of aromatic nitrogens is 6. The van der Waals surface area contributed by atoms with Gasteiger partial charge in [-0.2, -0.15) is 5.90 Å². The Kier molecular flexibility index (Phi) is 71.1. The van der Waals surface area contributed by atoms with E-state index in [2.05, 4.69) is 162 Å². The molecule has 1 amide bonds. The summed E-state index contributed by atoms with van der Waals surface area (Å²) >= 11 is 6.85. The number of aromatic carboxylic acids is 1. The zero-order valence-electron chi connectivity index (χ0n) is 85.2. The molecule has 13 aromatic rings. The Hall–Kier alpha value is -12.3. The number of ether oxygens (including phenoxy) is 2. The minimum absolute atomic E-state index is 0. The molecule has 0 aliphatic rings. The maximum absolute atomic E-state index is 12.2. The molecule has 9 N–H and O–H groups in total. The number of carbonyl (C=O) groups excluding carboxylic acids is 4. The maximum atomic E-state index is 12.2. The standard InChI is InChI=1S/C18H20N2O3.C15H14ClN.C15H15NO.C15H13NO.C13H11NO4.C12H8INO.C7H6N2O4.C5H11N.3C4H9.C3H5.B.Cl2OS.Na.Sn.H/c1-2-3-7-11-20-18(22)16-17(15(21)10-12-19-16)23-13-14-8-5-4-6-9-14;1-2-7-12-8-3-4-9-13(12)15(16)14-10-5-6-11-17-14;2*1-2-7-12-8-3-4-9-13(12)15(17)14-10-5-6-11-16-14;15-10-6-7-14-11(13(16)17)12(10)18-8-9-4-2-1-3-5-9;13-10-6-2-1-5-9(10)12(15)11-7-3-4-8-14-11;8-13-7(10)5-1-3-6(4-2-5)9(11)12;1-2-3-4-5-6;3*1-3-4-2;1-3-2;;1-4(2)3;;;/h2,4-6,8-10,12H,1,3,7,11,13H2,(H,19,21)(H,20,22);2-6,8-11,15H,1,7H2;2-6,8-11,15,17H,1,7H2;2-6,8-11H,1,7H2;1-7H,8H2,(H,14,15)(H,16,17);1-8H;1-4H,8H2;2H,1,3-6H2;3*1,3-4H2,2H3;3H,1-2H2;;;;;/q;;;;;;;;;;;;;;+1;;-1. The summed E-state index contributed by atoms with van der Waals surface area (Å²) in [4.78, 5) is 117. The van der Waals surface area contributed by atoms with Crippen LogP contribution in [0.25, 0.3) is 0 Å². The fourth-order valence-corrected chi connectivity index (χ4v) is 29.9. The number of carbonyl (C=O) groups is 5. The summed E-state index contributed by atoms with van der Waals surface area (Å²) in [6, 6.07) is 79.2. The number of allylic oxidation sites excluding steroid dienone is 6. The number of aliphatic hydroxyl groups is 1. The van der Waals surface area contributed by atoms with Crippen LogP contribution in [0.3, 0.4) is 0 Å². The van der Waals surface area contributed by atoms with Gasteiger partial charge in [-0.25, -0.2) is 13.8 Å². The molecular formula is C115H131BCl3IN10NaO15SSn. The van der Waals surface area contributed by atoms with Crippen molar-refractivity contribution in [3.63, 3.8) is 0 Å². The fraction of sp³-hybridized carbons (Fsp3) is 0.226. The van der Waals surface area contributed by atoms with Crippen molar-refractivity contribution >= 4 is 127 Å². The van der Waals surface area contributed by atoms with E-state index in [1.54, 1.807) is 74.5 Å². The molecule has 2 unspecified atom stereocenters. The Morgan fingerprint density at radius 1 is 0.527 bits per heavy atom. The number of nitrogens with two attached hydrogens (primary N) is 2. The number of amides is 1. The Morgan fingerprint density at radius 3 is 1.36 bits per heavy atom. The minimum atomic E-state index is -1.78. The molecule has 0 saturated heterocycles. The summed E-state index contributed by atoms with van der Waals surface area (Å²) in [5, 5.41) is 32.0. The normalized spacial score (nSPS) is 10.3. The van der Waals surface area contributed by atoms with Crippen molar-refractivity contribution in [3.8, 4) is 11.5 Å². The van der Waals surface area contributed by atoms with Crippen LogP contribution in [-0.4, -0.2) is 119 Å². The van der Waals surface area contributed by atoms with Crippen molar-refractivity contribution in [2.75, 3.05) is 13.1 Å². The third kappa shape index (κ3) is 51.1. The van der Waals surface area contributed by atoms with E-state index in [0.717, 1.165) is 87.7 Å². The topological polar surface area (TPSA) is 395 Å². The second kappa shape index (κ2) is 79.8. The van der Waals surface area contributed by atoms with Crippen LogP contribution < -0.4 is 66.8 Å². The number of unbranched alkanes of at least 4 members (excludes halogenated alkanes) is 5. The van der Waals surface area contributed by atoms with Crippen molar-refractivity contribution in [1.82, 2.24) is 35.2 Å². The Labute approximate surface area is 928 Å². The molecule has 0 fully saturated rings. The molecule has 0 aliphatic heterocycles. The minimum Gasteiger partial charge on any atom is -1.00 e. The van der Waals surface area contributed by atoms with Crippen LogP contribution in [0.5, 0.6) is 11.5 Å². The molecule has 13 rings (SSSR count). The quantitative estimate of drug-likeness (QED) is 0.00215. The summed E-state index contributed by atoms with van der Waals surface area (Å²) in [6.07, 6.45) is 34.8. The molecule has 0 saturated carbocycles. The van der Waals surface area contributed by atoms with Gasteiger partial charge in [0.15, 0.2) is 22.9 Å². The van der Waals surface area contributed by atoms with Crippen molar-refractivity contribution in [3.05, 3.63) is 504 Å². The molecule has 0 aliphatic carbocycles. The van der Waals surface area contributed by atoms with Crippen LogP contribution in [0, 0.1) is 13.7 Å². The smallest absolute Gasteiger partial charge is 1.00 e. The molecule has 773 valence electrons. The van der Waals surface area contributed by atoms with E-state index >= 15 is 0 Å². The van der Waals surface area contributed by atoms with Gasteiger partial charge in [-0.15, -0.1) is 44.5 Å². The SMILES string of the molecule is C=CCCCN.C=CCCCNC(=O)c1[nH]ccc(=O)c1OCc1ccccc1.C=CCc1ccccc1C(=O)c1ccccn1.C=CCc1ccccc1C(Cl)c1ccccn1.C=CCc1ccccc1C(O)c1ccccn1.C=C[CH2][Sn]([CH2]CCC)([CH2]CCC)[CH2]CCC.NOC(=O)c1ccc([N+](=O)[O-])cc1.O=C(O)c1[nH]ccc(=O)c1OCc1ccccc1.O=C(c1ccccn1)c1ccccc1I.O=S(Cl)Cl.[B].[H-].[Na+]. The van der Waals surface area contributed by atoms with Gasteiger partial charge in [0.05, 0.1) is 21.9 Å². The van der Waals surface area contributed by atoms with Crippen molar-refractivity contribution in [2.45, 2.75) is 147 Å². The zero-order valence-corrected chi connectivity index (χ0v) is 94.3. The van der Waals surface area contributed by atoms with Crippen molar-refractivity contribution < 1.29 is 88.6 Å². The molecular weight excluding hydrogens is 2180 g/mol.